The summed E-state index contributed by atoms with van der Waals surface area (Å²) in [5, 5.41) is 0.347. The lowest BCUT2D eigenvalue weighted by Crippen LogP contribution is -2.34. The van der Waals surface area contributed by atoms with Gasteiger partial charge in [-0.2, -0.15) is 0 Å². The van der Waals surface area contributed by atoms with Crippen molar-refractivity contribution >= 4 is 39.7 Å². The molecule has 11 heteroatoms. The van der Waals surface area contributed by atoms with E-state index in [0.717, 1.165) is 28.3 Å². The fraction of sp³-hybridized carbons (Fsp3) is 0.222. The Hall–Kier alpha value is -3.14. The van der Waals surface area contributed by atoms with Crippen LogP contribution >= 0.6 is 24.0 Å². The van der Waals surface area contributed by atoms with Crippen molar-refractivity contribution in [3.63, 3.8) is 0 Å². The van der Waals surface area contributed by atoms with E-state index in [0.29, 0.717) is 35.9 Å². The zero-order valence-corrected chi connectivity index (χ0v) is 23.1. The van der Waals surface area contributed by atoms with Crippen molar-refractivity contribution in [3.05, 3.63) is 107 Å². The Morgan fingerprint density at radius 3 is 2.47 bits per heavy atom. The van der Waals surface area contributed by atoms with Gasteiger partial charge in [-0.1, -0.05) is 29.8 Å². The summed E-state index contributed by atoms with van der Waals surface area (Å²) in [5.74, 6) is -0.293. The van der Waals surface area contributed by atoms with Gasteiger partial charge in [0.15, 0.2) is 0 Å². The van der Waals surface area contributed by atoms with Gasteiger partial charge < -0.3 is 9.30 Å². The van der Waals surface area contributed by atoms with Crippen molar-refractivity contribution < 1.29 is 21.9 Å². The van der Waals surface area contributed by atoms with Gasteiger partial charge in [0.05, 0.1) is 23.2 Å². The van der Waals surface area contributed by atoms with Gasteiger partial charge in [-0.25, -0.2) is 22.2 Å². The minimum absolute atomic E-state index is 0. The fourth-order valence-corrected chi connectivity index (χ4v) is 5.82. The van der Waals surface area contributed by atoms with Crippen molar-refractivity contribution in [2.24, 2.45) is 0 Å². The second-order valence-electron chi connectivity index (χ2n) is 8.43. The summed E-state index contributed by atoms with van der Waals surface area (Å²) in [4.78, 5) is 4.09. The normalized spacial score (nSPS) is 12.0. The van der Waals surface area contributed by atoms with Crippen LogP contribution < -0.4 is 9.04 Å². The summed E-state index contributed by atoms with van der Waals surface area (Å²) in [6, 6.07) is 14.2. The van der Waals surface area contributed by atoms with Gasteiger partial charge in [0.25, 0.3) is 10.0 Å². The van der Waals surface area contributed by atoms with Crippen molar-refractivity contribution in [3.8, 4) is 5.75 Å². The molecule has 0 aliphatic rings. The predicted molar refractivity (Wildman–Crippen MR) is 147 cm³/mol. The number of sulfonamides is 1. The topological polar surface area (TPSA) is 64.4 Å². The average Bonchev–Trinajstić information content (AvgIpc) is 3.29. The minimum Gasteiger partial charge on any atom is -0.493 e. The standard InChI is InChI=1S/C27H26ClF2N3O3S.ClH/c1-19(24-6-3-4-7-27(24)36-17-5-15-32-16-14-31-20(32)2)33(26-18-22(29)10-13-25(26)30)37(34,35)23-11-8-21(28)9-12-23;/h3-4,6-14,16,18-19H,5,15,17H2,1-2H3;1H/t19-;/m1./s1. The van der Waals surface area contributed by atoms with E-state index in [-0.39, 0.29) is 17.3 Å². The van der Waals surface area contributed by atoms with Crippen molar-refractivity contribution in [2.75, 3.05) is 10.9 Å². The van der Waals surface area contributed by atoms with Crippen molar-refractivity contribution in [1.29, 1.82) is 0 Å². The number of imidazole rings is 1. The molecule has 3 aromatic carbocycles. The molecule has 38 heavy (non-hydrogen) atoms. The van der Waals surface area contributed by atoms with Gasteiger partial charge >= 0.3 is 0 Å². The number of ether oxygens (including phenoxy) is 1. The molecule has 1 aromatic heterocycles. The van der Waals surface area contributed by atoms with E-state index in [1.54, 1.807) is 37.4 Å². The van der Waals surface area contributed by atoms with Gasteiger partial charge in [0, 0.05) is 35.6 Å². The molecule has 0 saturated carbocycles. The number of rotatable bonds is 10. The van der Waals surface area contributed by atoms with E-state index in [9.17, 15) is 17.2 Å². The van der Waals surface area contributed by atoms with Crippen LogP contribution in [-0.2, 0) is 16.6 Å². The van der Waals surface area contributed by atoms with Crippen LogP contribution in [-0.4, -0.2) is 24.6 Å². The van der Waals surface area contributed by atoms with Crippen LogP contribution in [0, 0.1) is 18.6 Å². The van der Waals surface area contributed by atoms with Crippen LogP contribution in [0.1, 0.15) is 30.8 Å². The Labute approximate surface area is 232 Å². The lowest BCUT2D eigenvalue weighted by Gasteiger charge is -2.32. The Bertz CT molecular complexity index is 1480. The van der Waals surface area contributed by atoms with E-state index < -0.39 is 33.4 Å². The molecule has 1 heterocycles. The number of nitrogens with zero attached hydrogens (tertiary/aromatic N) is 3. The number of aryl methyl sites for hydroxylation is 2. The summed E-state index contributed by atoms with van der Waals surface area (Å²) in [7, 11) is -4.33. The highest BCUT2D eigenvalue weighted by Gasteiger charge is 2.34. The average molecular weight is 583 g/mol. The molecule has 6 nitrogen and oxygen atoms in total. The second-order valence-corrected chi connectivity index (χ2v) is 10.7. The summed E-state index contributed by atoms with van der Waals surface area (Å²) in [5.41, 5.74) is 0.0929. The molecule has 0 spiro atoms. The molecule has 202 valence electrons. The highest BCUT2D eigenvalue weighted by atomic mass is 35.5. The molecule has 0 aliphatic heterocycles. The van der Waals surface area contributed by atoms with Crippen LogP contribution in [0.2, 0.25) is 5.02 Å². The first-order valence-corrected chi connectivity index (χ1v) is 13.4. The maximum atomic E-state index is 15.0. The molecule has 0 N–H and O–H groups in total. The molecule has 0 fully saturated rings. The lowest BCUT2D eigenvalue weighted by atomic mass is 10.1. The lowest BCUT2D eigenvalue weighted by molar-refractivity contribution is 0.297. The van der Waals surface area contributed by atoms with Crippen LogP contribution in [0.3, 0.4) is 0 Å². The first-order chi connectivity index (χ1) is 17.7. The van der Waals surface area contributed by atoms with E-state index in [1.807, 2.05) is 17.7 Å². The maximum Gasteiger partial charge on any atom is 0.264 e. The maximum absolute atomic E-state index is 15.0. The van der Waals surface area contributed by atoms with E-state index in [2.05, 4.69) is 4.98 Å². The summed E-state index contributed by atoms with van der Waals surface area (Å²) >= 11 is 5.95. The Kier molecular flexibility index (Phi) is 9.76. The highest BCUT2D eigenvalue weighted by Crippen LogP contribution is 2.38. The van der Waals surface area contributed by atoms with Gasteiger partial charge in [0.1, 0.15) is 23.2 Å². The third-order valence-corrected chi connectivity index (χ3v) is 8.11. The van der Waals surface area contributed by atoms with Gasteiger partial charge in [-0.05, 0) is 62.7 Å². The number of benzene rings is 3. The molecular weight excluding hydrogens is 555 g/mol. The Balaban J connectivity index is 0.00000400. The molecule has 0 aliphatic carbocycles. The number of hydrogen-bond acceptors (Lipinski definition) is 4. The molecule has 1 atom stereocenters. The van der Waals surface area contributed by atoms with E-state index in [4.69, 9.17) is 16.3 Å². The monoisotopic (exact) mass is 581 g/mol. The third kappa shape index (κ3) is 6.46. The number of aromatic nitrogens is 2. The fourth-order valence-electron chi connectivity index (χ4n) is 4.06. The first-order valence-electron chi connectivity index (χ1n) is 11.6. The van der Waals surface area contributed by atoms with E-state index in [1.165, 1.54) is 24.3 Å². The van der Waals surface area contributed by atoms with Gasteiger partial charge in [0.2, 0.25) is 0 Å². The van der Waals surface area contributed by atoms with Gasteiger partial charge in [-0.15, -0.1) is 12.4 Å². The first kappa shape index (κ1) is 29.4. The molecule has 0 radical (unpaired) electrons. The number of hydrogen-bond donors (Lipinski definition) is 0. The van der Waals surface area contributed by atoms with Crippen LogP contribution in [0.4, 0.5) is 14.5 Å². The summed E-state index contributed by atoms with van der Waals surface area (Å²) in [6.07, 6.45) is 4.30. The quantitative estimate of drug-likeness (QED) is 0.190. The second kappa shape index (κ2) is 12.6. The smallest absolute Gasteiger partial charge is 0.264 e. The predicted octanol–water partition coefficient (Wildman–Crippen LogP) is 6.97. The van der Waals surface area contributed by atoms with Crippen LogP contribution in [0.5, 0.6) is 5.75 Å². The van der Waals surface area contributed by atoms with E-state index >= 15 is 0 Å². The zero-order chi connectivity index (χ0) is 26.6. The highest BCUT2D eigenvalue weighted by molar-refractivity contribution is 7.92. The largest absolute Gasteiger partial charge is 0.493 e. The molecule has 0 unspecified atom stereocenters. The third-order valence-electron chi connectivity index (χ3n) is 5.96. The molecule has 4 rings (SSSR count). The van der Waals surface area contributed by atoms with Crippen molar-refractivity contribution in [1.82, 2.24) is 9.55 Å². The number of anilines is 1. The van der Waals surface area contributed by atoms with Crippen molar-refractivity contribution in [2.45, 2.75) is 37.8 Å². The summed E-state index contributed by atoms with van der Waals surface area (Å²) < 4.78 is 65.7. The number of halogens is 4. The molecule has 0 bridgehead atoms. The molecular formula is C27H27Cl2F2N3O3S. The summed E-state index contributed by atoms with van der Waals surface area (Å²) in [6.45, 7) is 4.59. The molecule has 4 aromatic rings. The van der Waals surface area contributed by atoms with Crippen LogP contribution in [0.15, 0.2) is 84.0 Å². The van der Waals surface area contributed by atoms with Crippen LogP contribution in [0.25, 0.3) is 0 Å². The molecule has 0 amide bonds. The van der Waals surface area contributed by atoms with Gasteiger partial charge in [-0.3, -0.25) is 4.31 Å². The Morgan fingerprint density at radius 2 is 1.79 bits per heavy atom. The SMILES string of the molecule is Cc1nccn1CCCOc1ccccc1[C@@H](C)N(c1cc(F)ccc1F)S(=O)(=O)c1ccc(Cl)cc1.Cl. The number of para-hydroxylation sites is 1. The molecule has 0 saturated heterocycles. The minimum atomic E-state index is -4.33. The zero-order valence-electron chi connectivity index (χ0n) is 20.7. The Morgan fingerprint density at radius 1 is 1.08 bits per heavy atom.